The van der Waals surface area contributed by atoms with E-state index >= 15 is 0 Å². The number of carbonyl (C=O) groups is 1. The third-order valence-corrected chi connectivity index (χ3v) is 3.22. The van der Waals surface area contributed by atoms with Gasteiger partial charge in [-0.1, -0.05) is 23.7 Å². The van der Waals surface area contributed by atoms with Crippen molar-refractivity contribution in [2.24, 2.45) is 0 Å². The summed E-state index contributed by atoms with van der Waals surface area (Å²) < 4.78 is 28.0. The van der Waals surface area contributed by atoms with Crippen molar-refractivity contribution in [3.05, 3.63) is 41.3 Å². The van der Waals surface area contributed by atoms with Gasteiger partial charge >= 0.3 is 5.92 Å². The van der Waals surface area contributed by atoms with E-state index in [-0.39, 0.29) is 5.56 Å². The first kappa shape index (κ1) is 13.3. The first-order chi connectivity index (χ1) is 8.51. The van der Waals surface area contributed by atoms with Crippen LogP contribution in [0.4, 0.5) is 8.78 Å². The maximum Gasteiger partial charge on any atom is 0.349 e. The van der Waals surface area contributed by atoms with Crippen molar-refractivity contribution in [2.45, 2.75) is 18.8 Å². The highest BCUT2D eigenvalue weighted by Crippen LogP contribution is 2.31. The van der Waals surface area contributed by atoms with Gasteiger partial charge in [0, 0.05) is 23.7 Å². The minimum absolute atomic E-state index is 0.313. The van der Waals surface area contributed by atoms with Gasteiger partial charge in [0.05, 0.1) is 0 Å². The summed E-state index contributed by atoms with van der Waals surface area (Å²) in [6.07, 6.45) is 3.34. The van der Waals surface area contributed by atoms with Crippen LogP contribution < -0.4 is 0 Å². The highest BCUT2D eigenvalue weighted by molar-refractivity contribution is 6.30. The van der Waals surface area contributed by atoms with Gasteiger partial charge in [0.2, 0.25) is 0 Å². The van der Waals surface area contributed by atoms with E-state index in [9.17, 15) is 13.6 Å². The number of amides is 1. The summed E-state index contributed by atoms with van der Waals surface area (Å²) in [5.74, 6) is -4.61. The van der Waals surface area contributed by atoms with Crippen LogP contribution in [0.1, 0.15) is 18.4 Å². The van der Waals surface area contributed by atoms with E-state index in [2.05, 4.69) is 0 Å². The maximum atomic E-state index is 14.0. The Bertz CT molecular complexity index is 427. The zero-order chi connectivity index (χ0) is 13.2. The van der Waals surface area contributed by atoms with Gasteiger partial charge in [-0.3, -0.25) is 4.79 Å². The molecule has 0 unspecified atom stereocenters. The normalized spacial score (nSPS) is 16.7. The van der Waals surface area contributed by atoms with E-state index in [1.807, 2.05) is 6.42 Å². The maximum absolute atomic E-state index is 14.0. The molecular formula is C13H13ClF2NO. The first-order valence-electron chi connectivity index (χ1n) is 5.76. The number of alkyl halides is 2. The molecule has 1 heterocycles. The van der Waals surface area contributed by atoms with Crippen LogP contribution in [0.3, 0.4) is 0 Å². The number of likely N-dealkylation sites (tertiary alicyclic amines) is 1. The van der Waals surface area contributed by atoms with Crippen LogP contribution in [0.15, 0.2) is 24.3 Å². The summed E-state index contributed by atoms with van der Waals surface area (Å²) in [6, 6.07) is 5.11. The second-order valence-electron chi connectivity index (χ2n) is 4.24. The molecule has 0 saturated carbocycles. The second-order valence-corrected chi connectivity index (χ2v) is 4.68. The summed E-state index contributed by atoms with van der Waals surface area (Å²) in [5.41, 5.74) is -0.313. The van der Waals surface area contributed by atoms with Gasteiger partial charge in [-0.05, 0) is 31.4 Å². The zero-order valence-corrected chi connectivity index (χ0v) is 10.5. The van der Waals surface area contributed by atoms with Gasteiger partial charge in [-0.15, -0.1) is 0 Å². The Hall–Kier alpha value is -1.16. The lowest BCUT2D eigenvalue weighted by atomic mass is 10.1. The Balaban J connectivity index is 2.18. The molecule has 1 radical (unpaired) electrons. The molecule has 1 aliphatic rings. The molecule has 0 bridgehead atoms. The van der Waals surface area contributed by atoms with Gasteiger partial charge in [0.15, 0.2) is 0 Å². The lowest BCUT2D eigenvalue weighted by Crippen LogP contribution is -2.44. The highest BCUT2D eigenvalue weighted by Gasteiger charge is 2.43. The first-order valence-corrected chi connectivity index (χ1v) is 6.14. The number of carbonyl (C=O) groups excluding carboxylic acids is 1. The summed E-state index contributed by atoms with van der Waals surface area (Å²) in [6.45, 7) is 0.726. The molecule has 1 aliphatic heterocycles. The van der Waals surface area contributed by atoms with Crippen LogP contribution in [0.25, 0.3) is 0 Å². The smallest absolute Gasteiger partial charge is 0.337 e. The van der Waals surface area contributed by atoms with Crippen LogP contribution in [0, 0.1) is 6.42 Å². The SMILES string of the molecule is O=C(N1CC[CH]CC1)C(F)(F)c1ccc(Cl)cc1. The van der Waals surface area contributed by atoms with Gasteiger partial charge in [0.25, 0.3) is 5.91 Å². The quantitative estimate of drug-likeness (QED) is 0.809. The summed E-state index contributed by atoms with van der Waals surface area (Å²) >= 11 is 5.65. The Morgan fingerprint density at radius 3 is 2.28 bits per heavy atom. The van der Waals surface area contributed by atoms with E-state index in [0.29, 0.717) is 31.0 Å². The van der Waals surface area contributed by atoms with Crippen molar-refractivity contribution >= 4 is 17.5 Å². The lowest BCUT2D eigenvalue weighted by molar-refractivity contribution is -0.159. The minimum Gasteiger partial charge on any atom is -0.337 e. The molecule has 97 valence electrons. The van der Waals surface area contributed by atoms with Gasteiger partial charge in [-0.2, -0.15) is 8.78 Å². The number of nitrogens with zero attached hydrogens (tertiary/aromatic N) is 1. The van der Waals surface area contributed by atoms with Crippen LogP contribution in [-0.2, 0) is 10.7 Å². The predicted molar refractivity (Wildman–Crippen MR) is 65.5 cm³/mol. The fourth-order valence-electron chi connectivity index (χ4n) is 1.93. The number of rotatable bonds is 2. The summed E-state index contributed by atoms with van der Waals surface area (Å²) in [7, 11) is 0. The van der Waals surface area contributed by atoms with Gasteiger partial charge in [-0.25, -0.2) is 0 Å². The summed E-state index contributed by atoms with van der Waals surface area (Å²) in [4.78, 5) is 13.1. The van der Waals surface area contributed by atoms with E-state index in [1.54, 1.807) is 0 Å². The minimum atomic E-state index is -3.48. The summed E-state index contributed by atoms with van der Waals surface area (Å²) in [5, 5.41) is 0.370. The van der Waals surface area contributed by atoms with E-state index in [4.69, 9.17) is 11.6 Å². The Morgan fingerprint density at radius 1 is 1.17 bits per heavy atom. The third kappa shape index (κ3) is 2.64. The average Bonchev–Trinajstić information content (AvgIpc) is 2.39. The van der Waals surface area contributed by atoms with Crippen molar-refractivity contribution < 1.29 is 13.6 Å². The van der Waals surface area contributed by atoms with E-state index < -0.39 is 11.8 Å². The molecule has 1 amide bonds. The zero-order valence-electron chi connectivity index (χ0n) is 9.70. The van der Waals surface area contributed by atoms with E-state index in [0.717, 1.165) is 0 Å². The predicted octanol–water partition coefficient (Wildman–Crippen LogP) is 3.26. The molecule has 0 atom stereocenters. The molecule has 0 N–H and O–H groups in total. The molecule has 0 spiro atoms. The van der Waals surface area contributed by atoms with Crippen molar-refractivity contribution in [3.8, 4) is 0 Å². The molecule has 0 aromatic heterocycles. The monoisotopic (exact) mass is 272 g/mol. The Kier molecular flexibility index (Phi) is 3.85. The van der Waals surface area contributed by atoms with Crippen LogP contribution in [0.2, 0.25) is 5.02 Å². The Morgan fingerprint density at radius 2 is 1.72 bits per heavy atom. The molecule has 1 saturated heterocycles. The molecular weight excluding hydrogens is 260 g/mol. The Labute approximate surface area is 110 Å². The lowest BCUT2D eigenvalue weighted by Gasteiger charge is -2.30. The van der Waals surface area contributed by atoms with Crippen LogP contribution in [0.5, 0.6) is 0 Å². The number of hydrogen-bond donors (Lipinski definition) is 0. The molecule has 1 aromatic carbocycles. The van der Waals surface area contributed by atoms with Crippen LogP contribution >= 0.6 is 11.6 Å². The number of benzene rings is 1. The number of hydrogen-bond acceptors (Lipinski definition) is 1. The molecule has 2 nitrogen and oxygen atoms in total. The second kappa shape index (κ2) is 5.22. The standard InChI is InChI=1S/C13H13ClF2NO/c14-11-6-4-10(5-7-11)13(15,16)12(18)17-8-2-1-3-9-17/h1,4-7H,2-3,8-9H2. The highest BCUT2D eigenvalue weighted by atomic mass is 35.5. The van der Waals surface area contributed by atoms with Gasteiger partial charge < -0.3 is 4.90 Å². The van der Waals surface area contributed by atoms with Crippen molar-refractivity contribution in [2.75, 3.05) is 13.1 Å². The van der Waals surface area contributed by atoms with Gasteiger partial charge in [0.1, 0.15) is 0 Å². The molecule has 18 heavy (non-hydrogen) atoms. The average molecular weight is 273 g/mol. The molecule has 5 heteroatoms. The molecule has 0 aliphatic carbocycles. The van der Waals surface area contributed by atoms with Crippen molar-refractivity contribution in [1.82, 2.24) is 4.90 Å². The number of halogens is 3. The van der Waals surface area contributed by atoms with Crippen molar-refractivity contribution in [1.29, 1.82) is 0 Å². The molecule has 1 aromatic rings. The van der Waals surface area contributed by atoms with Crippen LogP contribution in [-0.4, -0.2) is 23.9 Å². The largest absolute Gasteiger partial charge is 0.349 e. The van der Waals surface area contributed by atoms with Crippen molar-refractivity contribution in [3.63, 3.8) is 0 Å². The van der Waals surface area contributed by atoms with E-state index in [1.165, 1.54) is 29.2 Å². The third-order valence-electron chi connectivity index (χ3n) is 2.97. The molecule has 1 fully saturated rings. The topological polar surface area (TPSA) is 20.3 Å². The fraction of sp³-hybridized carbons (Fsp3) is 0.385. The molecule has 2 rings (SSSR count). The fourth-order valence-corrected chi connectivity index (χ4v) is 2.06. The number of piperidine rings is 1.